The molecule has 166 valence electrons. The number of benzene rings is 3. The van der Waals surface area contributed by atoms with Gasteiger partial charge in [-0.05, 0) is 69.5 Å². The molecule has 8 heteroatoms. The van der Waals surface area contributed by atoms with E-state index in [0.29, 0.717) is 33.8 Å². The molecule has 1 amide bonds. The molecule has 3 aromatic rings. The molecule has 2 N–H and O–H groups in total. The number of carboxylic acids is 1. The summed E-state index contributed by atoms with van der Waals surface area (Å²) in [6.07, 6.45) is 1.43. The van der Waals surface area contributed by atoms with E-state index in [4.69, 9.17) is 14.6 Å². The van der Waals surface area contributed by atoms with Gasteiger partial charge in [0, 0.05) is 5.69 Å². The van der Waals surface area contributed by atoms with Crippen LogP contribution in [0.4, 0.5) is 5.69 Å². The highest BCUT2D eigenvalue weighted by molar-refractivity contribution is 9.10. The van der Waals surface area contributed by atoms with Gasteiger partial charge in [-0.3, -0.25) is 4.79 Å². The summed E-state index contributed by atoms with van der Waals surface area (Å²) in [6, 6.07) is 23.3. The Morgan fingerprint density at radius 1 is 1.03 bits per heavy atom. The molecule has 0 radical (unpaired) electrons. The molecule has 0 heterocycles. The van der Waals surface area contributed by atoms with Crippen molar-refractivity contribution in [3.05, 3.63) is 94.0 Å². The normalized spacial score (nSPS) is 10.7. The van der Waals surface area contributed by atoms with Crippen molar-refractivity contribution in [2.24, 2.45) is 0 Å². The van der Waals surface area contributed by atoms with Crippen LogP contribution in [-0.4, -0.2) is 23.6 Å². The zero-order valence-corrected chi connectivity index (χ0v) is 18.9. The molecule has 3 rings (SSSR count). The Kier molecular flexibility index (Phi) is 8.22. The lowest BCUT2D eigenvalue weighted by Crippen LogP contribution is -2.13. The number of hydrogen-bond acceptors (Lipinski definition) is 5. The molecule has 0 spiro atoms. The zero-order valence-electron chi connectivity index (χ0n) is 17.3. The van der Waals surface area contributed by atoms with Gasteiger partial charge >= 0.3 is 5.97 Å². The van der Waals surface area contributed by atoms with E-state index in [9.17, 15) is 14.9 Å². The highest BCUT2D eigenvalue weighted by atomic mass is 79.9. The monoisotopic (exact) mass is 506 g/mol. The van der Waals surface area contributed by atoms with E-state index in [1.807, 2.05) is 36.4 Å². The van der Waals surface area contributed by atoms with Crippen LogP contribution < -0.4 is 14.8 Å². The molecular formula is C25H19BrN2O5. The number of ether oxygens (including phenoxy) is 2. The minimum absolute atomic E-state index is 0.0921. The summed E-state index contributed by atoms with van der Waals surface area (Å²) in [7, 11) is 0. The Morgan fingerprint density at radius 3 is 2.39 bits per heavy atom. The van der Waals surface area contributed by atoms with Gasteiger partial charge in [-0.25, -0.2) is 4.79 Å². The van der Waals surface area contributed by atoms with Gasteiger partial charge in [0.15, 0.2) is 6.61 Å². The lowest BCUT2D eigenvalue weighted by Gasteiger charge is -2.09. The van der Waals surface area contributed by atoms with Crippen LogP contribution in [0, 0.1) is 11.3 Å². The third kappa shape index (κ3) is 7.23. The van der Waals surface area contributed by atoms with E-state index in [1.54, 1.807) is 42.5 Å². The molecule has 0 aromatic heterocycles. The predicted octanol–water partition coefficient (Wildman–Crippen LogP) is 5.04. The molecule has 0 fully saturated rings. The second kappa shape index (κ2) is 11.5. The number of nitrogens with zero attached hydrogens (tertiary/aromatic N) is 1. The number of nitrogens with one attached hydrogen (secondary N) is 1. The molecule has 0 saturated carbocycles. The fourth-order valence-electron chi connectivity index (χ4n) is 2.75. The second-order valence-electron chi connectivity index (χ2n) is 6.79. The van der Waals surface area contributed by atoms with Crippen LogP contribution in [0.1, 0.15) is 11.1 Å². The number of halogens is 1. The summed E-state index contributed by atoms with van der Waals surface area (Å²) in [5, 5.41) is 20.8. The number of nitriles is 1. The Bertz CT molecular complexity index is 1200. The average molecular weight is 507 g/mol. The summed E-state index contributed by atoms with van der Waals surface area (Å²) in [5.74, 6) is -0.655. The van der Waals surface area contributed by atoms with Gasteiger partial charge in [-0.1, -0.05) is 36.4 Å². The maximum atomic E-state index is 12.5. The van der Waals surface area contributed by atoms with Crippen LogP contribution in [0.2, 0.25) is 0 Å². The van der Waals surface area contributed by atoms with Crippen LogP contribution >= 0.6 is 15.9 Å². The summed E-state index contributed by atoms with van der Waals surface area (Å²) in [5.41, 5.74) is 2.05. The maximum Gasteiger partial charge on any atom is 0.341 e. The SMILES string of the molecule is N#C/C(=C\c1ccc(OCC(=O)O)c(Br)c1)C(=O)Nc1ccc(OCc2ccccc2)cc1. The maximum absolute atomic E-state index is 12.5. The van der Waals surface area contributed by atoms with Gasteiger partial charge in [0.2, 0.25) is 0 Å². The van der Waals surface area contributed by atoms with Crippen LogP contribution in [0.15, 0.2) is 82.8 Å². The standard InChI is InChI=1S/C25H19BrN2O5/c26-22-13-18(6-11-23(22)33-16-24(29)30)12-19(14-27)25(31)28-20-7-9-21(10-8-20)32-15-17-4-2-1-3-5-17/h1-13H,15-16H2,(H,28,31)(H,29,30)/b19-12+. The molecule has 0 bridgehead atoms. The lowest BCUT2D eigenvalue weighted by atomic mass is 10.1. The largest absolute Gasteiger partial charge is 0.489 e. The van der Waals surface area contributed by atoms with Crippen molar-refractivity contribution in [1.82, 2.24) is 0 Å². The molecule has 0 aliphatic heterocycles. The van der Waals surface area contributed by atoms with Crippen LogP contribution in [-0.2, 0) is 16.2 Å². The van der Waals surface area contributed by atoms with E-state index in [2.05, 4.69) is 21.2 Å². The average Bonchev–Trinajstić information content (AvgIpc) is 2.82. The Morgan fingerprint density at radius 2 is 1.76 bits per heavy atom. The number of hydrogen-bond donors (Lipinski definition) is 2. The number of carbonyl (C=O) groups is 2. The van der Waals surface area contributed by atoms with Crippen molar-refractivity contribution in [3.63, 3.8) is 0 Å². The molecule has 33 heavy (non-hydrogen) atoms. The molecule has 0 unspecified atom stereocenters. The first-order valence-corrected chi connectivity index (χ1v) is 10.6. The highest BCUT2D eigenvalue weighted by Gasteiger charge is 2.11. The Labute approximate surface area is 199 Å². The number of amides is 1. The Hall–Kier alpha value is -4.09. The van der Waals surface area contributed by atoms with Crippen molar-refractivity contribution < 1.29 is 24.2 Å². The van der Waals surface area contributed by atoms with Gasteiger partial charge in [0.25, 0.3) is 5.91 Å². The van der Waals surface area contributed by atoms with E-state index < -0.39 is 18.5 Å². The first kappa shape index (κ1) is 23.6. The van der Waals surface area contributed by atoms with E-state index >= 15 is 0 Å². The van der Waals surface area contributed by atoms with Crippen LogP contribution in [0.3, 0.4) is 0 Å². The van der Waals surface area contributed by atoms with Gasteiger partial charge < -0.3 is 19.9 Å². The predicted molar refractivity (Wildman–Crippen MR) is 127 cm³/mol. The van der Waals surface area contributed by atoms with Gasteiger partial charge in [-0.2, -0.15) is 5.26 Å². The molecular weight excluding hydrogens is 488 g/mol. The number of aliphatic carboxylic acids is 1. The quantitative estimate of drug-likeness (QED) is 0.311. The molecule has 0 aliphatic carbocycles. The summed E-state index contributed by atoms with van der Waals surface area (Å²) < 4.78 is 11.4. The third-order valence-electron chi connectivity index (χ3n) is 4.34. The smallest absolute Gasteiger partial charge is 0.341 e. The number of carboxylic acid groups (broad SMARTS) is 1. The van der Waals surface area contributed by atoms with Crippen LogP contribution in [0.25, 0.3) is 6.08 Å². The minimum Gasteiger partial charge on any atom is -0.489 e. The van der Waals surface area contributed by atoms with E-state index in [-0.39, 0.29) is 5.57 Å². The molecule has 0 saturated heterocycles. The van der Waals surface area contributed by atoms with Crippen molar-refractivity contribution in [3.8, 4) is 17.6 Å². The summed E-state index contributed by atoms with van der Waals surface area (Å²) in [6.45, 7) is -0.0424. The summed E-state index contributed by atoms with van der Waals surface area (Å²) in [4.78, 5) is 23.2. The zero-order chi connectivity index (χ0) is 23.6. The lowest BCUT2D eigenvalue weighted by molar-refractivity contribution is -0.139. The number of rotatable bonds is 9. The molecule has 7 nitrogen and oxygen atoms in total. The van der Waals surface area contributed by atoms with Crippen molar-refractivity contribution in [2.45, 2.75) is 6.61 Å². The van der Waals surface area contributed by atoms with E-state index in [1.165, 1.54) is 6.08 Å². The molecule has 0 aliphatic rings. The second-order valence-corrected chi connectivity index (χ2v) is 7.65. The highest BCUT2D eigenvalue weighted by Crippen LogP contribution is 2.27. The van der Waals surface area contributed by atoms with Gasteiger partial charge in [0.05, 0.1) is 4.47 Å². The number of carbonyl (C=O) groups excluding carboxylic acids is 1. The fraction of sp³-hybridized carbons (Fsp3) is 0.0800. The molecule has 3 aromatic carbocycles. The van der Waals surface area contributed by atoms with Gasteiger partial charge in [0.1, 0.15) is 29.7 Å². The minimum atomic E-state index is -1.09. The van der Waals surface area contributed by atoms with Crippen molar-refractivity contribution in [1.29, 1.82) is 5.26 Å². The Balaban J connectivity index is 1.62. The number of anilines is 1. The van der Waals surface area contributed by atoms with Crippen molar-refractivity contribution in [2.75, 3.05) is 11.9 Å². The molecule has 0 atom stereocenters. The van der Waals surface area contributed by atoms with E-state index in [0.717, 1.165) is 5.56 Å². The first-order chi connectivity index (χ1) is 15.9. The first-order valence-electron chi connectivity index (χ1n) is 9.78. The van der Waals surface area contributed by atoms with Crippen LogP contribution in [0.5, 0.6) is 11.5 Å². The summed E-state index contributed by atoms with van der Waals surface area (Å²) >= 11 is 3.29. The third-order valence-corrected chi connectivity index (χ3v) is 4.96. The van der Waals surface area contributed by atoms with Gasteiger partial charge in [-0.15, -0.1) is 0 Å². The van der Waals surface area contributed by atoms with Crippen molar-refractivity contribution >= 4 is 39.6 Å². The topological polar surface area (TPSA) is 109 Å². The fourth-order valence-corrected chi connectivity index (χ4v) is 3.26.